The lowest BCUT2D eigenvalue weighted by Crippen LogP contribution is -2.24. The zero-order valence-corrected chi connectivity index (χ0v) is 16.3. The molecule has 1 atom stereocenters. The van der Waals surface area contributed by atoms with E-state index in [-0.39, 0.29) is 31.5 Å². The third-order valence-corrected chi connectivity index (χ3v) is 4.06. The van der Waals surface area contributed by atoms with Gasteiger partial charge in [-0.05, 0) is 17.7 Å². The van der Waals surface area contributed by atoms with Crippen LogP contribution in [-0.2, 0) is 35.0 Å². The molecule has 1 fully saturated rings. The fourth-order valence-corrected chi connectivity index (χ4v) is 2.45. The van der Waals surface area contributed by atoms with Gasteiger partial charge in [0.2, 0.25) is 5.78 Å². The maximum absolute atomic E-state index is 11.0. The van der Waals surface area contributed by atoms with Gasteiger partial charge in [-0.1, -0.05) is 67.6 Å². The van der Waals surface area contributed by atoms with E-state index in [1.165, 1.54) is 0 Å². The monoisotopic (exact) mass is 396 g/mol. The maximum atomic E-state index is 11.0. The first-order chi connectivity index (χ1) is 14.0. The molecule has 6 nitrogen and oxygen atoms in total. The van der Waals surface area contributed by atoms with Crippen LogP contribution in [0.3, 0.4) is 0 Å². The highest BCUT2D eigenvalue weighted by Crippen LogP contribution is 2.24. The molecule has 1 saturated heterocycles. The quantitative estimate of drug-likeness (QED) is 0.422. The van der Waals surface area contributed by atoms with Crippen molar-refractivity contribution >= 4 is 17.7 Å². The molecule has 3 rings (SSSR count). The number of esters is 2. The van der Waals surface area contributed by atoms with E-state index >= 15 is 0 Å². The number of ether oxygens (including phenoxy) is 3. The molecule has 0 aromatic heterocycles. The Morgan fingerprint density at radius 3 is 2.28 bits per heavy atom. The van der Waals surface area contributed by atoms with Crippen LogP contribution in [0, 0.1) is 0 Å². The van der Waals surface area contributed by atoms with Crippen molar-refractivity contribution < 1.29 is 28.6 Å². The van der Waals surface area contributed by atoms with Crippen molar-refractivity contribution in [2.75, 3.05) is 13.2 Å². The molecule has 0 bridgehead atoms. The average molecular weight is 396 g/mol. The third-order valence-electron chi connectivity index (χ3n) is 4.06. The largest absolute Gasteiger partial charge is 0.475 e. The first-order valence-electron chi connectivity index (χ1n) is 9.32. The predicted molar refractivity (Wildman–Crippen MR) is 107 cm³/mol. The van der Waals surface area contributed by atoms with Gasteiger partial charge in [0, 0.05) is 12.8 Å². The molecule has 0 spiro atoms. The topological polar surface area (TPSA) is 78.9 Å². The predicted octanol–water partition coefficient (Wildman–Crippen LogP) is 3.57. The van der Waals surface area contributed by atoms with Gasteiger partial charge < -0.3 is 14.2 Å². The van der Waals surface area contributed by atoms with Crippen molar-refractivity contribution in [3.05, 3.63) is 84.1 Å². The summed E-state index contributed by atoms with van der Waals surface area (Å²) in [5, 5.41) is 0. The SMILES string of the molecule is C=C1OC(c2ccccc2)COC1=O.CCC(=O)C(=O)OCCc1ccccc1. The Morgan fingerprint density at radius 1 is 1.07 bits per heavy atom. The van der Waals surface area contributed by atoms with Crippen LogP contribution in [0.5, 0.6) is 0 Å². The lowest BCUT2D eigenvalue weighted by molar-refractivity contribution is -0.157. The lowest BCUT2D eigenvalue weighted by Gasteiger charge is -2.24. The average Bonchev–Trinajstić information content (AvgIpc) is 2.77. The van der Waals surface area contributed by atoms with Crippen LogP contribution < -0.4 is 0 Å². The highest BCUT2D eigenvalue weighted by molar-refractivity contribution is 6.33. The van der Waals surface area contributed by atoms with E-state index in [1.807, 2.05) is 60.7 Å². The Bertz CT molecular complexity index is 829. The van der Waals surface area contributed by atoms with Crippen LogP contribution in [0.2, 0.25) is 0 Å². The standard InChI is InChI=1S/C12H14O3.C11H10O3/c1-2-11(13)12(14)15-9-8-10-6-4-3-5-7-10;1-8-11(12)13-7-10(14-8)9-5-3-2-4-6-9/h3-7H,2,8-9H2,1H3;2-6,10H,1,7H2. The van der Waals surface area contributed by atoms with E-state index in [0.717, 1.165) is 11.1 Å². The zero-order chi connectivity index (χ0) is 21.1. The van der Waals surface area contributed by atoms with Gasteiger partial charge in [0.15, 0.2) is 11.9 Å². The Balaban J connectivity index is 0.000000207. The summed E-state index contributed by atoms with van der Waals surface area (Å²) in [4.78, 5) is 32.8. The molecule has 2 aromatic rings. The van der Waals surface area contributed by atoms with Crippen LogP contribution in [-0.4, -0.2) is 30.9 Å². The van der Waals surface area contributed by atoms with Gasteiger partial charge >= 0.3 is 11.9 Å². The number of carbonyl (C=O) groups excluding carboxylic acids is 3. The van der Waals surface area contributed by atoms with Crippen molar-refractivity contribution in [3.63, 3.8) is 0 Å². The van der Waals surface area contributed by atoms with Crippen LogP contribution in [0.1, 0.15) is 30.6 Å². The van der Waals surface area contributed by atoms with Crippen LogP contribution in [0.15, 0.2) is 73.0 Å². The molecule has 0 saturated carbocycles. The molecular weight excluding hydrogens is 372 g/mol. The van der Waals surface area contributed by atoms with E-state index in [0.29, 0.717) is 6.42 Å². The van der Waals surface area contributed by atoms with Crippen molar-refractivity contribution in [2.24, 2.45) is 0 Å². The molecule has 0 radical (unpaired) electrons. The number of benzene rings is 2. The van der Waals surface area contributed by atoms with Gasteiger partial charge in [-0.25, -0.2) is 9.59 Å². The molecule has 1 unspecified atom stereocenters. The van der Waals surface area contributed by atoms with E-state index in [4.69, 9.17) is 14.2 Å². The molecule has 0 aliphatic carbocycles. The molecule has 29 heavy (non-hydrogen) atoms. The van der Waals surface area contributed by atoms with Gasteiger partial charge in [-0.15, -0.1) is 0 Å². The second-order valence-corrected chi connectivity index (χ2v) is 6.19. The second-order valence-electron chi connectivity index (χ2n) is 6.19. The molecule has 152 valence electrons. The van der Waals surface area contributed by atoms with E-state index in [1.54, 1.807) is 6.92 Å². The summed E-state index contributed by atoms with van der Waals surface area (Å²) >= 11 is 0. The summed E-state index contributed by atoms with van der Waals surface area (Å²) in [6.45, 7) is 5.62. The summed E-state index contributed by atoms with van der Waals surface area (Å²) in [7, 11) is 0. The number of Topliss-reactive ketones (excluding diaryl/α,β-unsaturated/α-hetero) is 1. The van der Waals surface area contributed by atoms with Crippen molar-refractivity contribution in [2.45, 2.75) is 25.9 Å². The molecule has 1 aliphatic heterocycles. The van der Waals surface area contributed by atoms with Gasteiger partial charge in [0.25, 0.3) is 0 Å². The fourth-order valence-electron chi connectivity index (χ4n) is 2.45. The highest BCUT2D eigenvalue weighted by atomic mass is 16.6. The maximum Gasteiger partial charge on any atom is 0.374 e. The third kappa shape index (κ3) is 7.25. The summed E-state index contributed by atoms with van der Waals surface area (Å²) in [6.07, 6.45) is 0.620. The summed E-state index contributed by atoms with van der Waals surface area (Å²) in [5.74, 6) is -1.60. The number of hydrogen-bond acceptors (Lipinski definition) is 6. The first-order valence-corrected chi connectivity index (χ1v) is 9.32. The Labute approximate surface area is 170 Å². The van der Waals surface area contributed by atoms with Crippen LogP contribution in [0.25, 0.3) is 0 Å². The number of rotatable bonds is 6. The van der Waals surface area contributed by atoms with Crippen molar-refractivity contribution in [3.8, 4) is 0 Å². The molecule has 1 aliphatic rings. The highest BCUT2D eigenvalue weighted by Gasteiger charge is 2.25. The molecule has 0 N–H and O–H groups in total. The minimum Gasteiger partial charge on any atom is -0.475 e. The molecule has 6 heteroatoms. The minimum absolute atomic E-state index is 0.0742. The van der Waals surface area contributed by atoms with Crippen molar-refractivity contribution in [1.82, 2.24) is 0 Å². The Morgan fingerprint density at radius 2 is 1.69 bits per heavy atom. The van der Waals surface area contributed by atoms with Gasteiger partial charge in [0.1, 0.15) is 6.61 Å². The zero-order valence-electron chi connectivity index (χ0n) is 16.3. The van der Waals surface area contributed by atoms with Gasteiger partial charge in [-0.2, -0.15) is 0 Å². The molecule has 0 amide bonds. The Hall–Kier alpha value is -3.41. The van der Waals surface area contributed by atoms with E-state index < -0.39 is 17.7 Å². The van der Waals surface area contributed by atoms with E-state index in [2.05, 4.69) is 6.58 Å². The fraction of sp³-hybridized carbons (Fsp3) is 0.261. The summed E-state index contributed by atoms with van der Waals surface area (Å²) in [5.41, 5.74) is 2.08. The number of cyclic esters (lactones) is 1. The van der Waals surface area contributed by atoms with Gasteiger partial charge in [0.05, 0.1) is 6.61 Å². The summed E-state index contributed by atoms with van der Waals surface area (Å²) in [6, 6.07) is 19.3. The second kappa shape index (κ2) is 11.4. The van der Waals surface area contributed by atoms with Crippen LogP contribution >= 0.6 is 0 Å². The number of carbonyl (C=O) groups is 3. The Kier molecular flexibility index (Phi) is 8.63. The molecule has 1 heterocycles. The first kappa shape index (κ1) is 21.9. The minimum atomic E-state index is -0.728. The lowest BCUT2D eigenvalue weighted by atomic mass is 10.1. The van der Waals surface area contributed by atoms with E-state index in [9.17, 15) is 14.4 Å². The normalized spacial score (nSPS) is 15.3. The van der Waals surface area contributed by atoms with Gasteiger partial charge in [-0.3, -0.25) is 4.79 Å². The van der Waals surface area contributed by atoms with Crippen molar-refractivity contribution in [1.29, 1.82) is 0 Å². The number of ketones is 1. The molecule has 2 aromatic carbocycles. The van der Waals surface area contributed by atoms with Crippen LogP contribution in [0.4, 0.5) is 0 Å². The molecular formula is C23H24O6. The number of hydrogen-bond donors (Lipinski definition) is 0. The summed E-state index contributed by atoms with van der Waals surface area (Å²) < 4.78 is 15.0. The smallest absolute Gasteiger partial charge is 0.374 e.